The maximum absolute atomic E-state index is 12.6. The lowest BCUT2D eigenvalue weighted by Crippen LogP contribution is -2.22. The predicted molar refractivity (Wildman–Crippen MR) is 83.5 cm³/mol. The molecule has 0 saturated carbocycles. The predicted octanol–water partition coefficient (Wildman–Crippen LogP) is 2.29. The number of fused-ring (bicyclic) bond motifs is 1. The van der Waals surface area contributed by atoms with Crippen LogP contribution in [0.15, 0.2) is 35.1 Å². The SMILES string of the molecule is CC(=O)Nc1cccc(-c2cc(C#N)c3n(c2=O)CCC3)c1. The molecule has 3 rings (SSSR count). The monoisotopic (exact) mass is 293 g/mol. The van der Waals surface area contributed by atoms with Crippen LogP contribution in [0.1, 0.15) is 24.6 Å². The highest BCUT2D eigenvalue weighted by Gasteiger charge is 2.19. The number of nitriles is 1. The van der Waals surface area contributed by atoms with Crippen LogP contribution in [0.4, 0.5) is 5.69 Å². The average molecular weight is 293 g/mol. The van der Waals surface area contributed by atoms with Gasteiger partial charge in [-0.25, -0.2) is 0 Å². The first-order chi connectivity index (χ1) is 10.6. The number of carbonyl (C=O) groups excluding carboxylic acids is 1. The molecule has 1 aromatic heterocycles. The minimum Gasteiger partial charge on any atom is -0.326 e. The van der Waals surface area contributed by atoms with E-state index < -0.39 is 0 Å². The zero-order valence-corrected chi connectivity index (χ0v) is 12.2. The van der Waals surface area contributed by atoms with Crippen LogP contribution in [0, 0.1) is 11.3 Å². The van der Waals surface area contributed by atoms with E-state index in [1.807, 2.05) is 6.07 Å². The van der Waals surface area contributed by atoms with Gasteiger partial charge in [0, 0.05) is 30.4 Å². The molecule has 1 aliphatic rings. The lowest BCUT2D eigenvalue weighted by Gasteiger charge is -2.10. The number of hydrogen-bond donors (Lipinski definition) is 1. The van der Waals surface area contributed by atoms with Crippen LogP contribution in [0.2, 0.25) is 0 Å². The molecule has 2 heterocycles. The van der Waals surface area contributed by atoms with Gasteiger partial charge in [0.15, 0.2) is 0 Å². The van der Waals surface area contributed by atoms with Gasteiger partial charge >= 0.3 is 0 Å². The smallest absolute Gasteiger partial charge is 0.258 e. The first kappa shape index (κ1) is 14.1. The van der Waals surface area contributed by atoms with Gasteiger partial charge in [-0.3, -0.25) is 9.59 Å². The van der Waals surface area contributed by atoms with Gasteiger partial charge in [0.2, 0.25) is 5.91 Å². The Balaban J connectivity index is 2.15. The van der Waals surface area contributed by atoms with Crippen LogP contribution in [0.25, 0.3) is 11.1 Å². The van der Waals surface area contributed by atoms with E-state index in [4.69, 9.17) is 0 Å². The Morgan fingerprint density at radius 1 is 1.36 bits per heavy atom. The van der Waals surface area contributed by atoms with Crippen molar-refractivity contribution in [3.8, 4) is 17.2 Å². The van der Waals surface area contributed by atoms with E-state index in [-0.39, 0.29) is 11.5 Å². The Kier molecular flexibility index (Phi) is 3.51. The minimum atomic E-state index is -0.166. The van der Waals surface area contributed by atoms with Crippen LogP contribution in [-0.4, -0.2) is 10.5 Å². The Hall–Kier alpha value is -2.87. The third kappa shape index (κ3) is 2.40. The molecule has 0 fully saturated rings. The van der Waals surface area contributed by atoms with Crippen molar-refractivity contribution < 1.29 is 4.79 Å². The van der Waals surface area contributed by atoms with Crippen molar-refractivity contribution in [2.45, 2.75) is 26.3 Å². The number of pyridine rings is 1. The molecule has 1 aliphatic heterocycles. The number of anilines is 1. The van der Waals surface area contributed by atoms with Crippen molar-refractivity contribution in [1.82, 2.24) is 4.57 Å². The lowest BCUT2D eigenvalue weighted by atomic mass is 10.0. The molecule has 2 aromatic rings. The van der Waals surface area contributed by atoms with Gasteiger partial charge in [-0.15, -0.1) is 0 Å². The second kappa shape index (κ2) is 5.49. The molecule has 110 valence electrons. The third-order valence-corrected chi connectivity index (χ3v) is 3.81. The van der Waals surface area contributed by atoms with E-state index in [1.54, 1.807) is 28.8 Å². The van der Waals surface area contributed by atoms with Crippen LogP contribution >= 0.6 is 0 Å². The Morgan fingerprint density at radius 2 is 2.18 bits per heavy atom. The first-order valence-corrected chi connectivity index (χ1v) is 7.15. The highest BCUT2D eigenvalue weighted by atomic mass is 16.1. The largest absolute Gasteiger partial charge is 0.326 e. The zero-order chi connectivity index (χ0) is 15.7. The number of nitrogens with zero attached hydrogens (tertiary/aromatic N) is 2. The maximum atomic E-state index is 12.6. The van der Waals surface area contributed by atoms with Crippen LogP contribution < -0.4 is 10.9 Å². The lowest BCUT2D eigenvalue weighted by molar-refractivity contribution is -0.114. The summed E-state index contributed by atoms with van der Waals surface area (Å²) in [5, 5.41) is 12.0. The number of rotatable bonds is 2. The number of carbonyl (C=O) groups is 1. The second-order valence-corrected chi connectivity index (χ2v) is 5.35. The van der Waals surface area contributed by atoms with Crippen molar-refractivity contribution in [3.05, 3.63) is 51.9 Å². The summed E-state index contributed by atoms with van der Waals surface area (Å²) in [5.41, 5.74) is 3.13. The number of aromatic nitrogens is 1. The van der Waals surface area contributed by atoms with Gasteiger partial charge < -0.3 is 9.88 Å². The van der Waals surface area contributed by atoms with E-state index in [0.717, 1.165) is 18.5 Å². The van der Waals surface area contributed by atoms with Gasteiger partial charge in [0.05, 0.1) is 5.56 Å². The fourth-order valence-corrected chi connectivity index (χ4v) is 2.88. The molecule has 0 saturated heterocycles. The highest BCUT2D eigenvalue weighted by molar-refractivity contribution is 5.89. The maximum Gasteiger partial charge on any atom is 0.258 e. The average Bonchev–Trinajstić information content (AvgIpc) is 2.97. The molecule has 1 amide bonds. The summed E-state index contributed by atoms with van der Waals surface area (Å²) in [6, 6.07) is 10.9. The summed E-state index contributed by atoms with van der Waals surface area (Å²) < 4.78 is 1.69. The number of hydrogen-bond acceptors (Lipinski definition) is 3. The molecule has 1 N–H and O–H groups in total. The van der Waals surface area contributed by atoms with E-state index in [2.05, 4.69) is 11.4 Å². The van der Waals surface area contributed by atoms with Gasteiger partial charge in [-0.1, -0.05) is 12.1 Å². The summed E-state index contributed by atoms with van der Waals surface area (Å²) in [4.78, 5) is 23.8. The van der Waals surface area contributed by atoms with Gasteiger partial charge in [-0.05, 0) is 36.6 Å². The van der Waals surface area contributed by atoms with E-state index in [9.17, 15) is 14.9 Å². The van der Waals surface area contributed by atoms with E-state index >= 15 is 0 Å². The molecule has 0 bridgehead atoms. The standard InChI is InChI=1S/C17H15N3O2/c1-11(21)19-14-5-2-4-12(8-14)15-9-13(10-18)16-6-3-7-20(16)17(15)22/h2,4-5,8-9H,3,6-7H2,1H3,(H,19,21). The number of amides is 1. The first-order valence-electron chi connectivity index (χ1n) is 7.15. The zero-order valence-electron chi connectivity index (χ0n) is 12.2. The third-order valence-electron chi connectivity index (χ3n) is 3.81. The van der Waals surface area contributed by atoms with E-state index in [1.165, 1.54) is 6.92 Å². The summed E-state index contributed by atoms with van der Waals surface area (Å²) >= 11 is 0. The van der Waals surface area contributed by atoms with Crippen molar-refractivity contribution in [1.29, 1.82) is 5.26 Å². The van der Waals surface area contributed by atoms with Crippen molar-refractivity contribution >= 4 is 11.6 Å². The fraction of sp³-hybridized carbons (Fsp3) is 0.235. The van der Waals surface area contributed by atoms with Gasteiger partial charge in [-0.2, -0.15) is 5.26 Å². The molecule has 22 heavy (non-hydrogen) atoms. The topological polar surface area (TPSA) is 74.9 Å². The summed E-state index contributed by atoms with van der Waals surface area (Å²) in [6.07, 6.45) is 1.66. The van der Waals surface area contributed by atoms with Crippen molar-refractivity contribution in [2.24, 2.45) is 0 Å². The summed E-state index contributed by atoms with van der Waals surface area (Å²) in [7, 11) is 0. The van der Waals surface area contributed by atoms with Crippen LogP contribution in [0.5, 0.6) is 0 Å². The fourth-order valence-electron chi connectivity index (χ4n) is 2.88. The van der Waals surface area contributed by atoms with Gasteiger partial charge in [0.25, 0.3) is 5.56 Å². The molecule has 0 atom stereocenters. The van der Waals surface area contributed by atoms with Crippen LogP contribution in [-0.2, 0) is 17.8 Å². The van der Waals surface area contributed by atoms with E-state index in [0.29, 0.717) is 28.9 Å². The normalized spacial score (nSPS) is 12.5. The van der Waals surface area contributed by atoms with Gasteiger partial charge in [0.1, 0.15) is 6.07 Å². The quantitative estimate of drug-likeness (QED) is 0.923. The van der Waals surface area contributed by atoms with Crippen LogP contribution in [0.3, 0.4) is 0 Å². The minimum absolute atomic E-state index is 0.0773. The molecule has 0 spiro atoms. The Labute approximate surface area is 127 Å². The molecule has 5 nitrogen and oxygen atoms in total. The number of benzene rings is 1. The molecule has 0 radical (unpaired) electrons. The second-order valence-electron chi connectivity index (χ2n) is 5.35. The molecule has 0 aliphatic carbocycles. The van der Waals surface area contributed by atoms with Crippen molar-refractivity contribution in [2.75, 3.05) is 5.32 Å². The molecular weight excluding hydrogens is 278 g/mol. The Morgan fingerprint density at radius 3 is 2.91 bits per heavy atom. The summed E-state index contributed by atoms with van der Waals surface area (Å²) in [5.74, 6) is -0.166. The summed E-state index contributed by atoms with van der Waals surface area (Å²) in [6.45, 7) is 2.09. The highest BCUT2D eigenvalue weighted by Crippen LogP contribution is 2.24. The molecule has 0 unspecified atom stereocenters. The molecule has 5 heteroatoms. The molecule has 1 aromatic carbocycles. The van der Waals surface area contributed by atoms with Crippen molar-refractivity contribution in [3.63, 3.8) is 0 Å². The molecular formula is C17H15N3O2. The number of nitrogens with one attached hydrogen (secondary N) is 1. The Bertz CT molecular complexity index is 859.